The van der Waals surface area contributed by atoms with Crippen LogP contribution in [0.1, 0.15) is 87.0 Å². The van der Waals surface area contributed by atoms with Crippen LogP contribution in [0, 0.1) is 0 Å². The van der Waals surface area contributed by atoms with Crippen LogP contribution in [0.3, 0.4) is 0 Å². The summed E-state index contributed by atoms with van der Waals surface area (Å²) in [5.74, 6) is 0. The van der Waals surface area contributed by atoms with Crippen molar-refractivity contribution < 1.29 is 26.8 Å². The zero-order chi connectivity index (χ0) is 19.3. The van der Waals surface area contributed by atoms with Crippen molar-refractivity contribution in [2.45, 2.75) is 87.0 Å². The van der Waals surface area contributed by atoms with Crippen LogP contribution < -0.4 is 0 Å². The molecule has 25 heavy (non-hydrogen) atoms. The Balaban J connectivity index is -0.0000000727. The van der Waals surface area contributed by atoms with Gasteiger partial charge in [0.2, 0.25) is 0 Å². The molecule has 1 N–H and O–H groups in total. The fourth-order valence-electron chi connectivity index (χ4n) is 1.28. The maximum Gasteiger partial charge on any atom is 3.00 e. The quantitative estimate of drug-likeness (QED) is 0.296. The van der Waals surface area contributed by atoms with Crippen molar-refractivity contribution in [3.8, 4) is 0 Å². The second-order valence-electron chi connectivity index (χ2n) is 5.33. The van der Waals surface area contributed by atoms with Gasteiger partial charge < -0.3 is 21.1 Å². The molecule has 0 saturated heterocycles. The Bertz CT molecular complexity index is 117. The minimum atomic E-state index is 0. The number of aliphatic hydroxyl groups is 1. The first-order chi connectivity index (χ1) is 11.7. The summed E-state index contributed by atoms with van der Waals surface area (Å²) in [5.41, 5.74) is 0. The summed E-state index contributed by atoms with van der Waals surface area (Å²) in [5, 5.41) is 20.2. The Morgan fingerprint density at radius 1 is 0.440 bits per heavy atom. The van der Waals surface area contributed by atoms with Gasteiger partial charge in [-0.05, 0) is 6.92 Å². The van der Waals surface area contributed by atoms with Gasteiger partial charge in [-0.1, -0.05) is 80.1 Å². The number of hydrogen-bond acceptors (Lipinski definition) is 1. The van der Waals surface area contributed by atoms with Gasteiger partial charge in [-0.2, -0.15) is 0 Å². The second kappa shape index (κ2) is 49.7. The van der Waals surface area contributed by atoms with Crippen LogP contribution in [-0.2, 0) is 21.7 Å². The predicted molar refractivity (Wildman–Crippen MR) is 114 cm³/mol. The largest absolute Gasteiger partial charge is 3.00 e. The van der Waals surface area contributed by atoms with Gasteiger partial charge in [0.25, 0.3) is 0 Å². The molecule has 0 atom stereocenters. The van der Waals surface area contributed by atoms with Crippen LogP contribution in [0.4, 0.5) is 0 Å². The molecular weight excluding hydrogens is 346 g/mol. The van der Waals surface area contributed by atoms with Gasteiger partial charge in [-0.15, -0.1) is 39.3 Å². The summed E-state index contributed by atoms with van der Waals surface area (Å²) in [6.45, 7) is 21.1. The molecular formula is C20H48N3OTi. The van der Waals surface area contributed by atoms with Crippen molar-refractivity contribution in [2.24, 2.45) is 0 Å². The molecule has 0 aromatic rings. The van der Waals surface area contributed by atoms with Gasteiger partial charge in [0.15, 0.2) is 0 Å². The summed E-state index contributed by atoms with van der Waals surface area (Å²) in [7, 11) is 0. The fourth-order valence-corrected chi connectivity index (χ4v) is 1.28. The second-order valence-corrected chi connectivity index (χ2v) is 5.33. The van der Waals surface area contributed by atoms with Crippen molar-refractivity contribution in [1.82, 2.24) is 0 Å². The molecule has 1 radical (unpaired) electrons. The van der Waals surface area contributed by atoms with E-state index in [1.165, 1.54) is 38.5 Å². The van der Waals surface area contributed by atoms with Crippen molar-refractivity contribution in [3.05, 3.63) is 16.0 Å². The van der Waals surface area contributed by atoms with E-state index in [4.69, 9.17) is 5.11 Å². The molecule has 5 heteroatoms. The molecule has 4 nitrogen and oxygen atoms in total. The zero-order valence-electron chi connectivity index (χ0n) is 18.5. The monoisotopic (exact) mass is 394 g/mol. The Morgan fingerprint density at radius 2 is 0.560 bits per heavy atom. The molecule has 0 bridgehead atoms. The van der Waals surface area contributed by atoms with Gasteiger partial charge in [0.1, 0.15) is 0 Å². The molecule has 0 aliphatic carbocycles. The smallest absolute Gasteiger partial charge is 0.662 e. The maximum atomic E-state index is 7.57. The Hall–Kier alpha value is 0.554. The van der Waals surface area contributed by atoms with Gasteiger partial charge in [-0.3, -0.25) is 0 Å². The van der Waals surface area contributed by atoms with Gasteiger partial charge in [-0.25, -0.2) is 0 Å². The zero-order valence-corrected chi connectivity index (χ0v) is 20.0. The first kappa shape index (κ1) is 36.5. The average molecular weight is 394 g/mol. The SMILES string of the molecule is CCC[N-]CCC.CCC[N-]CCC.CCC[N-]CCC.CCO.[Ti+3]. The van der Waals surface area contributed by atoms with Crippen LogP contribution in [-0.4, -0.2) is 51.0 Å². The Morgan fingerprint density at radius 3 is 0.640 bits per heavy atom. The summed E-state index contributed by atoms with van der Waals surface area (Å²) in [6, 6.07) is 0. The first-order valence-electron chi connectivity index (χ1n) is 10.2. The van der Waals surface area contributed by atoms with Crippen LogP contribution in [0.15, 0.2) is 0 Å². The van der Waals surface area contributed by atoms with Crippen molar-refractivity contribution >= 4 is 0 Å². The van der Waals surface area contributed by atoms with E-state index < -0.39 is 0 Å². The van der Waals surface area contributed by atoms with Crippen LogP contribution >= 0.6 is 0 Å². The minimum absolute atomic E-state index is 0. The van der Waals surface area contributed by atoms with E-state index in [2.05, 4.69) is 57.5 Å². The molecule has 0 aromatic carbocycles. The molecule has 0 fully saturated rings. The molecule has 0 saturated carbocycles. The Labute approximate surface area is 175 Å². The van der Waals surface area contributed by atoms with E-state index in [1.807, 2.05) is 0 Å². The van der Waals surface area contributed by atoms with E-state index in [0.29, 0.717) is 0 Å². The summed E-state index contributed by atoms with van der Waals surface area (Å²) >= 11 is 0. The van der Waals surface area contributed by atoms with E-state index >= 15 is 0 Å². The summed E-state index contributed by atoms with van der Waals surface area (Å²) in [6.07, 6.45) is 7.17. The van der Waals surface area contributed by atoms with Gasteiger partial charge in [0, 0.05) is 6.61 Å². The standard InChI is InChI=1S/3C6H14N.C2H6O.Ti/c3*1-3-5-7-6-4-2;1-2-3;/h3*3-6H2,1-2H3;3H,2H2,1H3;/q3*-1;;+3. The minimum Gasteiger partial charge on any atom is -0.662 e. The topological polar surface area (TPSA) is 62.5 Å². The third-order valence-corrected chi connectivity index (χ3v) is 2.29. The predicted octanol–water partition coefficient (Wildman–Crippen LogP) is 6.54. The number of hydrogen-bond donors (Lipinski definition) is 1. The molecule has 0 aliphatic rings. The summed E-state index contributed by atoms with van der Waals surface area (Å²) < 4.78 is 0. The Kier molecular flexibility index (Phi) is 72.5. The van der Waals surface area contributed by atoms with E-state index in [-0.39, 0.29) is 28.3 Å². The van der Waals surface area contributed by atoms with Crippen LogP contribution in [0.25, 0.3) is 16.0 Å². The van der Waals surface area contributed by atoms with E-state index in [9.17, 15) is 0 Å². The molecule has 0 spiro atoms. The average Bonchev–Trinajstić information content (AvgIpc) is 2.58. The number of nitrogens with zero attached hydrogens (tertiary/aromatic N) is 3. The molecule has 0 heterocycles. The molecule has 0 amide bonds. The fraction of sp³-hybridized carbons (Fsp3) is 1.00. The number of aliphatic hydroxyl groups excluding tert-OH is 1. The van der Waals surface area contributed by atoms with Gasteiger partial charge in [0.05, 0.1) is 0 Å². The summed E-state index contributed by atoms with van der Waals surface area (Å²) in [4.78, 5) is 0. The van der Waals surface area contributed by atoms with Crippen molar-refractivity contribution in [1.29, 1.82) is 0 Å². The third-order valence-electron chi connectivity index (χ3n) is 2.29. The van der Waals surface area contributed by atoms with E-state index in [1.54, 1.807) is 6.92 Å². The molecule has 0 aromatic heterocycles. The normalized spacial score (nSPS) is 8.64. The molecule has 0 unspecified atom stereocenters. The van der Waals surface area contributed by atoms with E-state index in [0.717, 1.165) is 39.3 Å². The van der Waals surface area contributed by atoms with Crippen LogP contribution in [0.2, 0.25) is 0 Å². The van der Waals surface area contributed by atoms with Crippen LogP contribution in [0.5, 0.6) is 0 Å². The third kappa shape index (κ3) is 79.3. The maximum absolute atomic E-state index is 7.57. The first-order valence-corrected chi connectivity index (χ1v) is 10.2. The molecule has 0 aliphatic heterocycles. The number of rotatable bonds is 12. The van der Waals surface area contributed by atoms with Crippen molar-refractivity contribution in [2.75, 3.05) is 45.9 Å². The van der Waals surface area contributed by atoms with Gasteiger partial charge >= 0.3 is 21.7 Å². The molecule has 0 rings (SSSR count). The van der Waals surface area contributed by atoms with Crippen molar-refractivity contribution in [3.63, 3.8) is 0 Å². The molecule has 153 valence electrons.